The highest BCUT2D eigenvalue weighted by Gasteiger charge is 2.23. The molecule has 2 N–H and O–H groups in total. The molecule has 0 radical (unpaired) electrons. The Balaban J connectivity index is 1.53. The Kier molecular flexibility index (Phi) is 4.88. The normalized spacial score (nSPS) is 13.6. The molecular formula is C19H24N4O2. The third-order valence-corrected chi connectivity index (χ3v) is 4.60. The lowest BCUT2D eigenvalue weighted by molar-refractivity contribution is -0.116. The first-order chi connectivity index (χ1) is 11.9. The van der Waals surface area contributed by atoms with Crippen LogP contribution in [0, 0.1) is 13.8 Å². The van der Waals surface area contributed by atoms with E-state index in [-0.39, 0.29) is 11.8 Å². The lowest BCUT2D eigenvalue weighted by Crippen LogP contribution is -2.25. The van der Waals surface area contributed by atoms with Crippen molar-refractivity contribution in [1.82, 2.24) is 15.1 Å². The topological polar surface area (TPSA) is 76.0 Å². The van der Waals surface area contributed by atoms with Gasteiger partial charge in [-0.1, -0.05) is 0 Å². The second kappa shape index (κ2) is 7.09. The SMILES string of the molecule is Cc1nn(C)c(C)c1CCC(=O)Nc1ccc(C(=O)NC2CC2)cc1. The summed E-state index contributed by atoms with van der Waals surface area (Å²) < 4.78 is 1.84. The van der Waals surface area contributed by atoms with Gasteiger partial charge in [-0.25, -0.2) is 0 Å². The predicted molar refractivity (Wildman–Crippen MR) is 96.6 cm³/mol. The highest BCUT2D eigenvalue weighted by molar-refractivity contribution is 5.96. The zero-order valence-corrected chi connectivity index (χ0v) is 14.9. The molecule has 132 valence electrons. The number of amides is 2. The summed E-state index contributed by atoms with van der Waals surface area (Å²) in [4.78, 5) is 24.1. The molecule has 1 saturated carbocycles. The quantitative estimate of drug-likeness (QED) is 0.848. The number of aromatic nitrogens is 2. The van der Waals surface area contributed by atoms with Crippen molar-refractivity contribution in [2.75, 3.05) is 5.32 Å². The van der Waals surface area contributed by atoms with Gasteiger partial charge in [0.15, 0.2) is 0 Å². The summed E-state index contributed by atoms with van der Waals surface area (Å²) >= 11 is 0. The fourth-order valence-corrected chi connectivity index (χ4v) is 2.84. The summed E-state index contributed by atoms with van der Waals surface area (Å²) in [5.41, 5.74) is 4.51. The van der Waals surface area contributed by atoms with Gasteiger partial charge in [-0.2, -0.15) is 5.10 Å². The molecule has 3 rings (SSSR count). The predicted octanol–water partition coefficient (Wildman–Crippen LogP) is 2.50. The molecule has 0 saturated heterocycles. The number of hydrogen-bond acceptors (Lipinski definition) is 3. The molecule has 2 amide bonds. The first-order valence-corrected chi connectivity index (χ1v) is 8.64. The Morgan fingerprint density at radius 3 is 2.44 bits per heavy atom. The van der Waals surface area contributed by atoms with E-state index in [0.29, 0.717) is 30.1 Å². The molecule has 0 bridgehead atoms. The number of carbonyl (C=O) groups excluding carboxylic acids is 2. The van der Waals surface area contributed by atoms with E-state index < -0.39 is 0 Å². The Hall–Kier alpha value is -2.63. The van der Waals surface area contributed by atoms with E-state index in [1.807, 2.05) is 25.6 Å². The maximum absolute atomic E-state index is 12.2. The number of anilines is 1. The van der Waals surface area contributed by atoms with E-state index in [9.17, 15) is 9.59 Å². The van der Waals surface area contributed by atoms with Crippen LogP contribution < -0.4 is 10.6 Å². The first-order valence-electron chi connectivity index (χ1n) is 8.64. The molecule has 2 aromatic rings. The monoisotopic (exact) mass is 340 g/mol. The van der Waals surface area contributed by atoms with Crippen molar-refractivity contribution in [3.05, 3.63) is 46.8 Å². The number of rotatable bonds is 6. The van der Waals surface area contributed by atoms with E-state index in [0.717, 1.165) is 29.8 Å². The minimum Gasteiger partial charge on any atom is -0.349 e. The highest BCUT2D eigenvalue weighted by Crippen LogP contribution is 2.20. The van der Waals surface area contributed by atoms with Crippen LogP contribution in [0.25, 0.3) is 0 Å². The molecule has 1 aliphatic rings. The molecular weight excluding hydrogens is 316 g/mol. The van der Waals surface area contributed by atoms with Crippen LogP contribution in [0.5, 0.6) is 0 Å². The van der Waals surface area contributed by atoms with Crippen LogP contribution in [0.15, 0.2) is 24.3 Å². The smallest absolute Gasteiger partial charge is 0.251 e. The van der Waals surface area contributed by atoms with Gasteiger partial charge < -0.3 is 10.6 Å². The molecule has 1 aliphatic carbocycles. The second-order valence-corrected chi connectivity index (χ2v) is 6.65. The van der Waals surface area contributed by atoms with E-state index >= 15 is 0 Å². The molecule has 1 aromatic heterocycles. The van der Waals surface area contributed by atoms with Gasteiger partial charge in [0.05, 0.1) is 5.69 Å². The first kappa shape index (κ1) is 17.2. The Morgan fingerprint density at radius 2 is 1.88 bits per heavy atom. The lowest BCUT2D eigenvalue weighted by atomic mass is 10.1. The maximum atomic E-state index is 12.2. The van der Waals surface area contributed by atoms with E-state index in [1.54, 1.807) is 24.3 Å². The molecule has 1 aromatic carbocycles. The van der Waals surface area contributed by atoms with Crippen molar-refractivity contribution in [1.29, 1.82) is 0 Å². The minimum atomic E-state index is -0.0529. The maximum Gasteiger partial charge on any atom is 0.251 e. The molecule has 6 nitrogen and oxygen atoms in total. The largest absolute Gasteiger partial charge is 0.349 e. The number of carbonyl (C=O) groups is 2. The van der Waals surface area contributed by atoms with E-state index in [1.165, 1.54) is 0 Å². The van der Waals surface area contributed by atoms with Crippen LogP contribution in [0.2, 0.25) is 0 Å². The van der Waals surface area contributed by atoms with Crippen LogP contribution in [0.4, 0.5) is 5.69 Å². The zero-order chi connectivity index (χ0) is 18.0. The summed E-state index contributed by atoms with van der Waals surface area (Å²) in [6.07, 6.45) is 3.20. The van der Waals surface area contributed by atoms with Crippen molar-refractivity contribution in [2.24, 2.45) is 7.05 Å². The molecule has 1 fully saturated rings. The Labute approximate surface area is 147 Å². The van der Waals surface area contributed by atoms with Crippen LogP contribution in [0.3, 0.4) is 0 Å². The number of aryl methyl sites for hydroxylation is 2. The number of benzene rings is 1. The average Bonchev–Trinajstić information content (AvgIpc) is 3.35. The Bertz CT molecular complexity index is 789. The fraction of sp³-hybridized carbons (Fsp3) is 0.421. The van der Waals surface area contributed by atoms with Crippen molar-refractivity contribution in [2.45, 2.75) is 45.6 Å². The number of hydrogen-bond donors (Lipinski definition) is 2. The van der Waals surface area contributed by atoms with Crippen molar-refractivity contribution >= 4 is 17.5 Å². The zero-order valence-electron chi connectivity index (χ0n) is 14.9. The second-order valence-electron chi connectivity index (χ2n) is 6.65. The van der Waals surface area contributed by atoms with E-state index in [2.05, 4.69) is 15.7 Å². The number of nitrogens with one attached hydrogen (secondary N) is 2. The summed E-state index contributed by atoms with van der Waals surface area (Å²) in [5.74, 6) is -0.0965. The van der Waals surface area contributed by atoms with Crippen LogP contribution in [0.1, 0.15) is 46.6 Å². The molecule has 25 heavy (non-hydrogen) atoms. The minimum absolute atomic E-state index is 0.0437. The van der Waals surface area contributed by atoms with Gasteiger partial charge in [-0.05, 0) is 62.9 Å². The van der Waals surface area contributed by atoms with Gasteiger partial charge in [0, 0.05) is 36.5 Å². The van der Waals surface area contributed by atoms with Gasteiger partial charge in [-0.15, -0.1) is 0 Å². The van der Waals surface area contributed by atoms with Crippen LogP contribution in [-0.4, -0.2) is 27.6 Å². The summed E-state index contributed by atoms with van der Waals surface area (Å²) in [6, 6.07) is 7.35. The van der Waals surface area contributed by atoms with E-state index in [4.69, 9.17) is 0 Å². The van der Waals surface area contributed by atoms with Crippen LogP contribution >= 0.6 is 0 Å². The third-order valence-electron chi connectivity index (χ3n) is 4.60. The Morgan fingerprint density at radius 1 is 1.20 bits per heavy atom. The van der Waals surface area contributed by atoms with Crippen molar-refractivity contribution in [3.63, 3.8) is 0 Å². The third kappa shape index (κ3) is 4.26. The van der Waals surface area contributed by atoms with Gasteiger partial charge in [0.2, 0.25) is 5.91 Å². The fourth-order valence-electron chi connectivity index (χ4n) is 2.84. The summed E-state index contributed by atoms with van der Waals surface area (Å²) in [5, 5.41) is 10.2. The molecule has 0 unspecified atom stereocenters. The molecule has 1 heterocycles. The van der Waals surface area contributed by atoms with Crippen molar-refractivity contribution in [3.8, 4) is 0 Å². The number of nitrogens with zero attached hydrogens (tertiary/aromatic N) is 2. The molecule has 0 aliphatic heterocycles. The molecule has 0 spiro atoms. The average molecular weight is 340 g/mol. The summed E-state index contributed by atoms with van der Waals surface area (Å²) in [6.45, 7) is 3.98. The van der Waals surface area contributed by atoms with Gasteiger partial charge in [-0.3, -0.25) is 14.3 Å². The summed E-state index contributed by atoms with van der Waals surface area (Å²) in [7, 11) is 1.91. The highest BCUT2D eigenvalue weighted by atomic mass is 16.2. The molecule has 0 atom stereocenters. The standard InChI is InChI=1S/C19H24N4O2/c1-12-17(13(2)23(3)22-12)10-11-18(24)20-15-6-4-14(5-7-15)19(25)21-16-8-9-16/h4-7,16H,8-11H2,1-3H3,(H,20,24)(H,21,25). The van der Waals surface area contributed by atoms with Crippen LogP contribution in [-0.2, 0) is 18.3 Å². The van der Waals surface area contributed by atoms with Gasteiger partial charge in [0.1, 0.15) is 0 Å². The molecule has 6 heteroatoms. The lowest BCUT2D eigenvalue weighted by Gasteiger charge is -2.07. The van der Waals surface area contributed by atoms with Crippen molar-refractivity contribution < 1.29 is 9.59 Å². The van der Waals surface area contributed by atoms with Gasteiger partial charge in [0.25, 0.3) is 5.91 Å². The van der Waals surface area contributed by atoms with Gasteiger partial charge >= 0.3 is 0 Å².